The fourth-order valence-corrected chi connectivity index (χ4v) is 1.88. The van der Waals surface area contributed by atoms with Crippen molar-refractivity contribution in [1.82, 2.24) is 5.32 Å². The molecule has 92 valence electrons. The van der Waals surface area contributed by atoms with Gasteiger partial charge in [-0.3, -0.25) is 0 Å². The summed E-state index contributed by atoms with van der Waals surface area (Å²) in [6, 6.07) is 12.1. The van der Waals surface area contributed by atoms with Gasteiger partial charge in [0.1, 0.15) is 0 Å². The molecule has 17 heavy (non-hydrogen) atoms. The van der Waals surface area contributed by atoms with Gasteiger partial charge in [-0.05, 0) is 18.9 Å². The number of hydrogen-bond donors (Lipinski definition) is 2. The lowest BCUT2D eigenvalue weighted by Crippen LogP contribution is -2.48. The van der Waals surface area contributed by atoms with Crippen molar-refractivity contribution >= 4 is 0 Å². The summed E-state index contributed by atoms with van der Waals surface area (Å²) in [7, 11) is 0. The molecule has 3 nitrogen and oxygen atoms in total. The van der Waals surface area contributed by atoms with Gasteiger partial charge in [-0.2, -0.15) is 5.26 Å². The molecule has 3 heteroatoms. The summed E-state index contributed by atoms with van der Waals surface area (Å²) in [5.74, 6) is 0. The van der Waals surface area contributed by atoms with Crippen LogP contribution in [0.1, 0.15) is 32.3 Å². The van der Waals surface area contributed by atoms with E-state index in [1.54, 1.807) is 0 Å². The molecule has 0 radical (unpaired) electrons. The van der Waals surface area contributed by atoms with Crippen LogP contribution in [0.2, 0.25) is 0 Å². The molecule has 1 aromatic rings. The highest BCUT2D eigenvalue weighted by Crippen LogP contribution is 2.21. The van der Waals surface area contributed by atoms with Gasteiger partial charge in [0.25, 0.3) is 0 Å². The SMILES string of the molecule is CCC(CC#N)NC(C)(CO)c1ccccc1. The number of aliphatic hydroxyl groups excluding tert-OH is 1. The molecule has 0 aromatic heterocycles. The summed E-state index contributed by atoms with van der Waals surface area (Å²) in [5.41, 5.74) is 0.553. The maximum Gasteiger partial charge on any atom is 0.0652 e. The Morgan fingerprint density at radius 2 is 2.06 bits per heavy atom. The number of hydrogen-bond acceptors (Lipinski definition) is 3. The molecule has 0 fully saturated rings. The smallest absolute Gasteiger partial charge is 0.0652 e. The highest BCUT2D eigenvalue weighted by molar-refractivity contribution is 5.24. The zero-order valence-corrected chi connectivity index (χ0v) is 10.5. The first-order valence-corrected chi connectivity index (χ1v) is 5.97. The van der Waals surface area contributed by atoms with Crippen molar-refractivity contribution in [2.75, 3.05) is 6.61 Å². The lowest BCUT2D eigenvalue weighted by Gasteiger charge is -2.33. The summed E-state index contributed by atoms with van der Waals surface area (Å²) in [6.45, 7) is 4.01. The average molecular weight is 232 g/mol. The lowest BCUT2D eigenvalue weighted by molar-refractivity contribution is 0.160. The van der Waals surface area contributed by atoms with Gasteiger partial charge in [0, 0.05) is 6.04 Å². The Balaban J connectivity index is 2.86. The highest BCUT2D eigenvalue weighted by atomic mass is 16.3. The van der Waals surface area contributed by atoms with Gasteiger partial charge >= 0.3 is 0 Å². The maximum absolute atomic E-state index is 9.61. The zero-order valence-electron chi connectivity index (χ0n) is 10.5. The molecule has 0 spiro atoms. The van der Waals surface area contributed by atoms with Crippen LogP contribution in [-0.2, 0) is 5.54 Å². The van der Waals surface area contributed by atoms with E-state index < -0.39 is 5.54 Å². The molecular weight excluding hydrogens is 212 g/mol. The van der Waals surface area contributed by atoms with Crippen LogP contribution in [0.3, 0.4) is 0 Å². The largest absolute Gasteiger partial charge is 0.394 e. The number of nitriles is 1. The number of nitrogens with one attached hydrogen (secondary N) is 1. The minimum atomic E-state index is -0.487. The molecule has 0 saturated carbocycles. The predicted molar refractivity (Wildman–Crippen MR) is 68.3 cm³/mol. The van der Waals surface area contributed by atoms with E-state index in [0.717, 1.165) is 12.0 Å². The molecule has 0 bridgehead atoms. The number of aliphatic hydroxyl groups is 1. The third-order valence-electron chi connectivity index (χ3n) is 3.08. The van der Waals surface area contributed by atoms with E-state index in [0.29, 0.717) is 6.42 Å². The van der Waals surface area contributed by atoms with E-state index in [-0.39, 0.29) is 12.6 Å². The molecule has 1 rings (SSSR count). The van der Waals surface area contributed by atoms with Crippen LogP contribution in [-0.4, -0.2) is 17.8 Å². The minimum absolute atomic E-state index is 0.0128. The Morgan fingerprint density at radius 3 is 2.53 bits per heavy atom. The molecule has 0 saturated heterocycles. The van der Waals surface area contributed by atoms with Gasteiger partial charge < -0.3 is 10.4 Å². The van der Waals surface area contributed by atoms with E-state index in [4.69, 9.17) is 5.26 Å². The van der Waals surface area contributed by atoms with Gasteiger partial charge in [-0.15, -0.1) is 0 Å². The van der Waals surface area contributed by atoms with E-state index in [1.807, 2.05) is 44.2 Å². The van der Waals surface area contributed by atoms with Crippen molar-refractivity contribution in [1.29, 1.82) is 5.26 Å². The monoisotopic (exact) mass is 232 g/mol. The highest BCUT2D eigenvalue weighted by Gasteiger charge is 2.27. The van der Waals surface area contributed by atoms with Crippen molar-refractivity contribution < 1.29 is 5.11 Å². The van der Waals surface area contributed by atoms with Crippen LogP contribution in [0, 0.1) is 11.3 Å². The van der Waals surface area contributed by atoms with Crippen LogP contribution >= 0.6 is 0 Å². The first-order chi connectivity index (χ1) is 8.16. The van der Waals surface area contributed by atoms with Gasteiger partial charge in [0.05, 0.1) is 24.6 Å². The molecule has 2 unspecified atom stereocenters. The van der Waals surface area contributed by atoms with Crippen molar-refractivity contribution in [3.8, 4) is 6.07 Å². The molecule has 2 N–H and O–H groups in total. The molecule has 1 aromatic carbocycles. The van der Waals surface area contributed by atoms with Crippen molar-refractivity contribution in [3.05, 3.63) is 35.9 Å². The molecule has 0 aliphatic heterocycles. The van der Waals surface area contributed by atoms with Gasteiger partial charge in [0.15, 0.2) is 0 Å². The third-order valence-corrected chi connectivity index (χ3v) is 3.08. The first kappa shape index (κ1) is 13.7. The number of benzene rings is 1. The second-order valence-corrected chi connectivity index (χ2v) is 4.47. The van der Waals surface area contributed by atoms with Crippen LogP contribution in [0.5, 0.6) is 0 Å². The Kier molecular flexibility index (Phi) is 5.14. The third kappa shape index (κ3) is 3.55. The Morgan fingerprint density at radius 1 is 1.41 bits per heavy atom. The zero-order chi connectivity index (χ0) is 12.7. The summed E-state index contributed by atoms with van der Waals surface area (Å²) in [6.07, 6.45) is 1.33. The normalized spacial score (nSPS) is 15.9. The number of nitrogens with zero attached hydrogens (tertiary/aromatic N) is 1. The molecule has 0 amide bonds. The standard InChI is InChI=1S/C14H20N2O/c1-3-13(9-10-15)16-14(2,11-17)12-7-5-4-6-8-12/h4-8,13,16-17H,3,9,11H2,1-2H3. The van der Waals surface area contributed by atoms with Crippen LogP contribution in [0.25, 0.3) is 0 Å². The topological polar surface area (TPSA) is 56.0 Å². The Bertz CT molecular complexity index is 372. The Hall–Kier alpha value is -1.37. The fraction of sp³-hybridized carbons (Fsp3) is 0.500. The van der Waals surface area contributed by atoms with E-state index in [1.165, 1.54) is 0 Å². The summed E-state index contributed by atoms with van der Waals surface area (Å²) >= 11 is 0. The quantitative estimate of drug-likeness (QED) is 0.790. The van der Waals surface area contributed by atoms with Gasteiger partial charge in [-0.1, -0.05) is 37.3 Å². The van der Waals surface area contributed by atoms with Crippen LogP contribution in [0.4, 0.5) is 0 Å². The minimum Gasteiger partial charge on any atom is -0.394 e. The van der Waals surface area contributed by atoms with Crippen molar-refractivity contribution in [2.24, 2.45) is 0 Å². The first-order valence-electron chi connectivity index (χ1n) is 5.97. The van der Waals surface area contributed by atoms with Gasteiger partial charge in [-0.25, -0.2) is 0 Å². The summed E-state index contributed by atoms with van der Waals surface area (Å²) in [4.78, 5) is 0. The molecule has 0 aliphatic carbocycles. The second-order valence-electron chi connectivity index (χ2n) is 4.47. The van der Waals surface area contributed by atoms with E-state index in [2.05, 4.69) is 11.4 Å². The lowest BCUT2D eigenvalue weighted by atomic mass is 9.91. The fourth-order valence-electron chi connectivity index (χ4n) is 1.88. The van der Waals surface area contributed by atoms with Crippen LogP contribution < -0.4 is 5.32 Å². The van der Waals surface area contributed by atoms with E-state index >= 15 is 0 Å². The Labute approximate surface area is 103 Å². The second kappa shape index (κ2) is 6.39. The van der Waals surface area contributed by atoms with Crippen molar-refractivity contribution in [2.45, 2.75) is 38.3 Å². The summed E-state index contributed by atoms with van der Waals surface area (Å²) in [5, 5.41) is 21.7. The van der Waals surface area contributed by atoms with E-state index in [9.17, 15) is 5.11 Å². The van der Waals surface area contributed by atoms with Crippen LogP contribution in [0.15, 0.2) is 30.3 Å². The molecule has 2 atom stereocenters. The average Bonchev–Trinajstić information content (AvgIpc) is 2.39. The van der Waals surface area contributed by atoms with Crippen molar-refractivity contribution in [3.63, 3.8) is 0 Å². The summed E-state index contributed by atoms with van der Waals surface area (Å²) < 4.78 is 0. The molecule has 0 heterocycles. The maximum atomic E-state index is 9.61. The molecular formula is C14H20N2O. The van der Waals surface area contributed by atoms with Gasteiger partial charge in [0.2, 0.25) is 0 Å². The molecule has 0 aliphatic rings. The number of rotatable bonds is 6. The predicted octanol–water partition coefficient (Wildman–Crippen LogP) is 2.18.